The number of ether oxygens (including phenoxy) is 1. The first-order chi connectivity index (χ1) is 11.3. The zero-order valence-corrected chi connectivity index (χ0v) is 15.3. The lowest BCUT2D eigenvalue weighted by atomic mass is 10.2. The van der Waals surface area contributed by atoms with Crippen LogP contribution >= 0.6 is 11.8 Å². The molecule has 1 aromatic carbocycles. The van der Waals surface area contributed by atoms with Crippen molar-refractivity contribution in [1.82, 2.24) is 14.9 Å². The lowest BCUT2D eigenvalue weighted by Gasteiger charge is -2.19. The number of para-hydroxylation sites is 2. The summed E-state index contributed by atoms with van der Waals surface area (Å²) in [6.07, 6.45) is -0.439. The van der Waals surface area contributed by atoms with Crippen molar-refractivity contribution < 1.29 is 14.3 Å². The van der Waals surface area contributed by atoms with Crippen LogP contribution in [0, 0.1) is 6.92 Å². The number of amides is 1. The number of carbonyl (C=O) groups excluding carboxylic acids is 2. The Morgan fingerprint density at radius 2 is 2.00 bits per heavy atom. The molecule has 0 atom stereocenters. The molecule has 130 valence electrons. The van der Waals surface area contributed by atoms with E-state index in [1.807, 2.05) is 52.0 Å². The summed E-state index contributed by atoms with van der Waals surface area (Å²) in [5.74, 6) is 1.64. The van der Waals surface area contributed by atoms with Crippen molar-refractivity contribution in [2.24, 2.45) is 0 Å². The zero-order chi connectivity index (χ0) is 17.7. The zero-order valence-electron chi connectivity index (χ0n) is 14.5. The first-order valence-corrected chi connectivity index (χ1v) is 8.95. The summed E-state index contributed by atoms with van der Waals surface area (Å²) in [6.45, 7) is 7.73. The number of thioether (sulfide) groups is 1. The van der Waals surface area contributed by atoms with Crippen LogP contribution in [0.1, 0.15) is 31.4 Å². The Labute approximate surface area is 146 Å². The molecule has 0 aliphatic heterocycles. The van der Waals surface area contributed by atoms with E-state index in [0.29, 0.717) is 23.9 Å². The van der Waals surface area contributed by atoms with Gasteiger partial charge in [0.1, 0.15) is 11.4 Å². The second kappa shape index (κ2) is 7.70. The molecular formula is C17H23N3O3S. The smallest absolute Gasteiger partial charge is 0.407 e. The highest BCUT2D eigenvalue weighted by Gasteiger charge is 2.16. The van der Waals surface area contributed by atoms with E-state index in [-0.39, 0.29) is 5.91 Å². The first-order valence-electron chi connectivity index (χ1n) is 7.80. The van der Waals surface area contributed by atoms with Gasteiger partial charge in [0, 0.05) is 12.3 Å². The van der Waals surface area contributed by atoms with Gasteiger partial charge in [0.2, 0.25) is 5.91 Å². The highest BCUT2D eigenvalue weighted by atomic mass is 32.2. The molecule has 0 saturated heterocycles. The van der Waals surface area contributed by atoms with Gasteiger partial charge in [-0.15, -0.1) is 0 Å². The Bertz CT molecular complexity index is 734. The minimum absolute atomic E-state index is 0.0107. The van der Waals surface area contributed by atoms with Gasteiger partial charge in [-0.2, -0.15) is 11.8 Å². The number of aromatic nitrogens is 2. The molecule has 0 spiro atoms. The number of fused-ring (bicyclic) bond motifs is 1. The quantitative estimate of drug-likeness (QED) is 0.839. The van der Waals surface area contributed by atoms with E-state index < -0.39 is 11.7 Å². The summed E-state index contributed by atoms with van der Waals surface area (Å²) in [5, 5.41) is 2.68. The Balaban J connectivity index is 1.79. The second-order valence-corrected chi connectivity index (χ2v) is 7.46. The van der Waals surface area contributed by atoms with Crippen LogP contribution < -0.4 is 5.32 Å². The molecule has 0 aliphatic rings. The molecule has 7 heteroatoms. The van der Waals surface area contributed by atoms with Crippen LogP contribution in [0.5, 0.6) is 0 Å². The van der Waals surface area contributed by atoms with Gasteiger partial charge in [-0.05, 0) is 39.8 Å². The standard InChI is InChI=1S/C17H23N3O3S/c1-12-19-13-7-5-6-8-14(13)20(12)15(21)11-24-10-9-18-16(22)23-17(2,3)4/h5-8H,9-11H2,1-4H3,(H,18,22). The lowest BCUT2D eigenvalue weighted by Crippen LogP contribution is -2.33. The van der Waals surface area contributed by atoms with Crippen molar-refractivity contribution in [3.05, 3.63) is 30.1 Å². The second-order valence-electron chi connectivity index (χ2n) is 6.36. The van der Waals surface area contributed by atoms with Gasteiger partial charge in [-0.1, -0.05) is 12.1 Å². The third kappa shape index (κ3) is 4.99. The molecule has 2 rings (SSSR count). The molecule has 0 radical (unpaired) electrons. The van der Waals surface area contributed by atoms with Crippen LogP contribution in [0.2, 0.25) is 0 Å². The average molecular weight is 349 g/mol. The van der Waals surface area contributed by atoms with Crippen LogP contribution in [-0.4, -0.2) is 45.2 Å². The third-order valence-electron chi connectivity index (χ3n) is 3.12. The molecule has 6 nitrogen and oxygen atoms in total. The van der Waals surface area contributed by atoms with Crippen LogP contribution in [0.3, 0.4) is 0 Å². The topological polar surface area (TPSA) is 73.2 Å². The number of carbonyl (C=O) groups is 2. The van der Waals surface area contributed by atoms with Crippen molar-refractivity contribution >= 4 is 34.8 Å². The Morgan fingerprint density at radius 1 is 1.29 bits per heavy atom. The predicted molar refractivity (Wildman–Crippen MR) is 96.7 cm³/mol. The van der Waals surface area contributed by atoms with Crippen molar-refractivity contribution in [2.45, 2.75) is 33.3 Å². The number of rotatable bonds is 5. The fourth-order valence-corrected chi connectivity index (χ4v) is 2.92. The van der Waals surface area contributed by atoms with Gasteiger partial charge in [0.15, 0.2) is 0 Å². The van der Waals surface area contributed by atoms with E-state index in [2.05, 4.69) is 10.3 Å². The molecule has 1 N–H and O–H groups in total. The van der Waals surface area contributed by atoms with E-state index in [1.54, 1.807) is 4.57 Å². The molecule has 0 unspecified atom stereocenters. The van der Waals surface area contributed by atoms with Crippen molar-refractivity contribution in [1.29, 1.82) is 0 Å². The van der Waals surface area contributed by atoms with Crippen LogP contribution in [0.15, 0.2) is 24.3 Å². The molecule has 0 saturated carbocycles. The highest BCUT2D eigenvalue weighted by Crippen LogP contribution is 2.16. The predicted octanol–water partition coefficient (Wildman–Crippen LogP) is 3.24. The van der Waals surface area contributed by atoms with E-state index in [9.17, 15) is 9.59 Å². The minimum Gasteiger partial charge on any atom is -0.444 e. The number of nitrogens with one attached hydrogen (secondary N) is 1. The monoisotopic (exact) mass is 349 g/mol. The first kappa shape index (κ1) is 18.3. The summed E-state index contributed by atoms with van der Waals surface area (Å²) in [4.78, 5) is 28.3. The molecular weight excluding hydrogens is 326 g/mol. The normalized spacial score (nSPS) is 11.5. The Kier molecular flexibility index (Phi) is 5.88. The Morgan fingerprint density at radius 3 is 2.71 bits per heavy atom. The largest absolute Gasteiger partial charge is 0.444 e. The summed E-state index contributed by atoms with van der Waals surface area (Å²) in [6, 6.07) is 7.58. The fraction of sp³-hybridized carbons (Fsp3) is 0.471. The van der Waals surface area contributed by atoms with Crippen molar-refractivity contribution in [3.63, 3.8) is 0 Å². The van der Waals surface area contributed by atoms with Crippen LogP contribution in [-0.2, 0) is 4.74 Å². The van der Waals surface area contributed by atoms with Gasteiger partial charge < -0.3 is 10.1 Å². The van der Waals surface area contributed by atoms with Crippen LogP contribution in [0.4, 0.5) is 4.79 Å². The van der Waals surface area contributed by atoms with Gasteiger partial charge in [-0.25, -0.2) is 9.78 Å². The molecule has 24 heavy (non-hydrogen) atoms. The number of aryl methyl sites for hydroxylation is 1. The van der Waals surface area contributed by atoms with Gasteiger partial charge in [0.05, 0.1) is 16.8 Å². The van der Waals surface area contributed by atoms with Gasteiger partial charge >= 0.3 is 6.09 Å². The van der Waals surface area contributed by atoms with Gasteiger partial charge in [-0.3, -0.25) is 9.36 Å². The van der Waals surface area contributed by atoms with Crippen molar-refractivity contribution in [3.8, 4) is 0 Å². The summed E-state index contributed by atoms with van der Waals surface area (Å²) in [7, 11) is 0. The van der Waals surface area contributed by atoms with E-state index >= 15 is 0 Å². The molecule has 0 fully saturated rings. The number of imidazole rings is 1. The third-order valence-corrected chi connectivity index (χ3v) is 4.06. The summed E-state index contributed by atoms with van der Waals surface area (Å²) >= 11 is 1.47. The molecule has 1 aromatic heterocycles. The maximum absolute atomic E-state index is 12.4. The van der Waals surface area contributed by atoms with E-state index in [1.165, 1.54) is 11.8 Å². The molecule has 1 amide bonds. The minimum atomic E-state index is -0.507. The number of benzene rings is 1. The molecule has 2 aromatic rings. The lowest BCUT2D eigenvalue weighted by molar-refractivity contribution is 0.0531. The summed E-state index contributed by atoms with van der Waals surface area (Å²) in [5.41, 5.74) is 1.14. The SMILES string of the molecule is Cc1nc2ccccc2n1C(=O)CSCCNC(=O)OC(C)(C)C. The number of hydrogen-bond acceptors (Lipinski definition) is 5. The van der Waals surface area contributed by atoms with E-state index in [4.69, 9.17) is 4.74 Å². The van der Waals surface area contributed by atoms with Crippen molar-refractivity contribution in [2.75, 3.05) is 18.1 Å². The van der Waals surface area contributed by atoms with Crippen LogP contribution in [0.25, 0.3) is 11.0 Å². The fourth-order valence-electron chi connectivity index (χ4n) is 2.22. The molecule has 0 bridgehead atoms. The molecule has 1 heterocycles. The summed E-state index contributed by atoms with van der Waals surface area (Å²) < 4.78 is 6.79. The highest BCUT2D eigenvalue weighted by molar-refractivity contribution is 7.99. The maximum atomic E-state index is 12.4. The maximum Gasteiger partial charge on any atom is 0.407 e. The number of hydrogen-bond donors (Lipinski definition) is 1. The Hall–Kier alpha value is -2.02. The van der Waals surface area contributed by atoms with Gasteiger partial charge in [0.25, 0.3) is 0 Å². The average Bonchev–Trinajstić information content (AvgIpc) is 2.80. The number of nitrogens with zero attached hydrogens (tertiary/aromatic N) is 2. The van der Waals surface area contributed by atoms with E-state index in [0.717, 1.165) is 11.0 Å². The molecule has 0 aliphatic carbocycles. The number of alkyl carbamates (subject to hydrolysis) is 1.